The predicted molar refractivity (Wildman–Crippen MR) is 111 cm³/mol. The molecule has 1 amide bonds. The zero-order valence-corrected chi connectivity index (χ0v) is 16.9. The zero-order valence-electron chi connectivity index (χ0n) is 16.9. The fourth-order valence-corrected chi connectivity index (χ4v) is 5.01. The monoisotopic (exact) mass is 364 g/mol. The number of nitrogens with zero attached hydrogens (tertiary/aromatic N) is 1. The van der Waals surface area contributed by atoms with Crippen molar-refractivity contribution in [2.75, 3.05) is 0 Å². The van der Waals surface area contributed by atoms with Gasteiger partial charge in [0.25, 0.3) is 5.91 Å². The van der Waals surface area contributed by atoms with E-state index >= 15 is 0 Å². The topological polar surface area (TPSA) is 34.0 Å². The number of aromatic nitrogens is 1. The van der Waals surface area contributed by atoms with Gasteiger partial charge in [0, 0.05) is 28.7 Å². The van der Waals surface area contributed by atoms with Crippen LogP contribution in [0.25, 0.3) is 5.69 Å². The van der Waals surface area contributed by atoms with Gasteiger partial charge in [-0.3, -0.25) is 4.79 Å². The van der Waals surface area contributed by atoms with Crippen LogP contribution in [0, 0.1) is 18.8 Å². The number of hydrogen-bond acceptors (Lipinski definition) is 1. The summed E-state index contributed by atoms with van der Waals surface area (Å²) >= 11 is 0. The average molecular weight is 365 g/mol. The van der Waals surface area contributed by atoms with Gasteiger partial charge >= 0.3 is 0 Å². The number of rotatable bonds is 3. The third-order valence-electron chi connectivity index (χ3n) is 6.90. The number of hydrogen-bond donors (Lipinski definition) is 1. The summed E-state index contributed by atoms with van der Waals surface area (Å²) in [5.74, 6) is 1.31. The maximum absolute atomic E-state index is 12.7. The van der Waals surface area contributed by atoms with E-state index in [0.717, 1.165) is 18.4 Å². The Hall–Kier alpha value is -2.03. The van der Waals surface area contributed by atoms with E-state index in [1.165, 1.54) is 54.7 Å². The molecular weight excluding hydrogens is 332 g/mol. The maximum atomic E-state index is 12.7. The molecule has 1 aromatic carbocycles. The zero-order chi connectivity index (χ0) is 19.0. The largest absolute Gasteiger partial charge is 0.349 e. The molecule has 4 rings (SSSR count). The number of carbonyl (C=O) groups is 1. The van der Waals surface area contributed by atoms with Gasteiger partial charge in [-0.1, -0.05) is 26.7 Å². The Labute approximate surface area is 163 Å². The van der Waals surface area contributed by atoms with Crippen LogP contribution in [0.2, 0.25) is 0 Å². The quantitative estimate of drug-likeness (QED) is 0.796. The molecule has 0 saturated heterocycles. The summed E-state index contributed by atoms with van der Waals surface area (Å²) in [6, 6.07) is 10.8. The van der Waals surface area contributed by atoms with Gasteiger partial charge < -0.3 is 9.88 Å². The molecule has 2 aliphatic carbocycles. The van der Waals surface area contributed by atoms with E-state index in [1.807, 2.05) is 12.1 Å². The summed E-state index contributed by atoms with van der Waals surface area (Å²) in [4.78, 5) is 12.7. The summed E-state index contributed by atoms with van der Waals surface area (Å²) in [6.45, 7) is 6.76. The highest BCUT2D eigenvalue weighted by Gasteiger charge is 2.28. The molecule has 2 aliphatic rings. The smallest absolute Gasteiger partial charge is 0.251 e. The SMILES string of the molecule is Cc1cc2c(n1-c1ccc(C(=O)N[C@@H]3CCC[C@H](C)[C@H]3C)cc1)CCCC2. The molecule has 3 atom stereocenters. The fourth-order valence-electron chi connectivity index (χ4n) is 5.01. The van der Waals surface area contributed by atoms with Gasteiger partial charge in [0.1, 0.15) is 0 Å². The summed E-state index contributed by atoms with van der Waals surface area (Å²) < 4.78 is 2.38. The van der Waals surface area contributed by atoms with Crippen molar-refractivity contribution in [3.63, 3.8) is 0 Å². The van der Waals surface area contributed by atoms with Crippen molar-refractivity contribution in [2.45, 2.75) is 71.8 Å². The molecule has 0 radical (unpaired) electrons. The number of carbonyl (C=O) groups excluding carboxylic acids is 1. The minimum absolute atomic E-state index is 0.0683. The number of benzene rings is 1. The van der Waals surface area contributed by atoms with Crippen molar-refractivity contribution in [1.29, 1.82) is 0 Å². The molecule has 0 bridgehead atoms. The Kier molecular flexibility index (Phi) is 5.12. The van der Waals surface area contributed by atoms with E-state index in [4.69, 9.17) is 0 Å². The third-order valence-corrected chi connectivity index (χ3v) is 6.90. The first kappa shape index (κ1) is 18.3. The van der Waals surface area contributed by atoms with Crippen LogP contribution < -0.4 is 5.32 Å². The van der Waals surface area contributed by atoms with E-state index < -0.39 is 0 Å². The number of amides is 1. The highest BCUT2D eigenvalue weighted by atomic mass is 16.1. The minimum Gasteiger partial charge on any atom is -0.349 e. The molecule has 1 aromatic heterocycles. The molecule has 3 heteroatoms. The van der Waals surface area contributed by atoms with Crippen molar-refractivity contribution >= 4 is 5.91 Å². The Balaban J connectivity index is 1.51. The Bertz CT molecular complexity index is 818. The lowest BCUT2D eigenvalue weighted by molar-refractivity contribution is 0.0891. The third kappa shape index (κ3) is 3.56. The lowest BCUT2D eigenvalue weighted by Gasteiger charge is -2.34. The van der Waals surface area contributed by atoms with Gasteiger partial charge in [-0.15, -0.1) is 0 Å². The van der Waals surface area contributed by atoms with E-state index in [-0.39, 0.29) is 5.91 Å². The van der Waals surface area contributed by atoms with Crippen LogP contribution in [0.4, 0.5) is 0 Å². The van der Waals surface area contributed by atoms with Crippen molar-refractivity contribution < 1.29 is 4.79 Å². The van der Waals surface area contributed by atoms with Crippen LogP contribution in [0.1, 0.15) is 73.3 Å². The first-order chi connectivity index (χ1) is 13.0. The molecule has 1 fully saturated rings. The molecule has 2 aromatic rings. The first-order valence-corrected chi connectivity index (χ1v) is 10.7. The van der Waals surface area contributed by atoms with Crippen LogP contribution in [-0.4, -0.2) is 16.5 Å². The Morgan fingerprint density at radius 1 is 1.04 bits per heavy atom. The van der Waals surface area contributed by atoms with Gasteiger partial charge in [-0.2, -0.15) is 0 Å². The van der Waals surface area contributed by atoms with Gasteiger partial charge in [0.15, 0.2) is 0 Å². The maximum Gasteiger partial charge on any atom is 0.251 e. The highest BCUT2D eigenvalue weighted by Crippen LogP contribution is 2.30. The van der Waals surface area contributed by atoms with Crippen LogP contribution in [0.3, 0.4) is 0 Å². The Morgan fingerprint density at radius 3 is 2.56 bits per heavy atom. The van der Waals surface area contributed by atoms with Crippen molar-refractivity contribution in [3.8, 4) is 5.69 Å². The summed E-state index contributed by atoms with van der Waals surface area (Å²) in [5.41, 5.74) is 6.20. The normalized spacial score (nSPS) is 25.1. The van der Waals surface area contributed by atoms with Gasteiger partial charge in [-0.05, 0) is 86.8 Å². The molecular formula is C24H32N2O. The summed E-state index contributed by atoms with van der Waals surface area (Å²) in [7, 11) is 0. The molecule has 1 saturated carbocycles. The average Bonchev–Trinajstić information content (AvgIpc) is 3.01. The lowest BCUT2D eigenvalue weighted by atomic mass is 9.78. The number of nitrogens with one attached hydrogen (secondary N) is 1. The molecule has 144 valence electrons. The minimum atomic E-state index is 0.0683. The molecule has 1 heterocycles. The fraction of sp³-hybridized carbons (Fsp3) is 0.542. The molecule has 0 aliphatic heterocycles. The summed E-state index contributed by atoms with van der Waals surface area (Å²) in [6.07, 6.45) is 8.52. The van der Waals surface area contributed by atoms with Crippen molar-refractivity contribution in [3.05, 3.63) is 52.8 Å². The molecule has 0 spiro atoms. The number of fused-ring (bicyclic) bond motifs is 1. The van der Waals surface area contributed by atoms with Gasteiger partial charge in [0.2, 0.25) is 0 Å². The second-order valence-corrected chi connectivity index (χ2v) is 8.69. The van der Waals surface area contributed by atoms with Crippen LogP contribution >= 0.6 is 0 Å². The van der Waals surface area contributed by atoms with Crippen LogP contribution in [-0.2, 0) is 12.8 Å². The molecule has 27 heavy (non-hydrogen) atoms. The van der Waals surface area contributed by atoms with E-state index in [0.29, 0.717) is 17.9 Å². The van der Waals surface area contributed by atoms with Gasteiger partial charge in [0.05, 0.1) is 0 Å². The number of aryl methyl sites for hydroxylation is 2. The molecule has 0 unspecified atom stereocenters. The van der Waals surface area contributed by atoms with Crippen molar-refractivity contribution in [1.82, 2.24) is 9.88 Å². The second-order valence-electron chi connectivity index (χ2n) is 8.69. The molecule has 1 N–H and O–H groups in total. The second kappa shape index (κ2) is 7.53. The van der Waals surface area contributed by atoms with Gasteiger partial charge in [-0.25, -0.2) is 0 Å². The first-order valence-electron chi connectivity index (χ1n) is 10.7. The van der Waals surface area contributed by atoms with Crippen LogP contribution in [0.15, 0.2) is 30.3 Å². The molecule has 3 nitrogen and oxygen atoms in total. The highest BCUT2D eigenvalue weighted by molar-refractivity contribution is 5.94. The van der Waals surface area contributed by atoms with E-state index in [1.54, 1.807) is 0 Å². The van der Waals surface area contributed by atoms with Crippen LogP contribution in [0.5, 0.6) is 0 Å². The predicted octanol–water partition coefficient (Wildman–Crippen LogP) is 5.22. The standard InChI is InChI=1S/C24H32N2O/c1-16-7-6-9-22(18(16)3)25-24(27)19-11-13-21(14-12-19)26-17(2)15-20-8-4-5-10-23(20)26/h11-16,18,22H,4-10H2,1-3H3,(H,25,27)/t16-,18+,22+/m0/s1. The van der Waals surface area contributed by atoms with E-state index in [9.17, 15) is 4.79 Å². The van der Waals surface area contributed by atoms with Crippen molar-refractivity contribution in [2.24, 2.45) is 11.8 Å². The Morgan fingerprint density at radius 2 is 1.78 bits per heavy atom. The van der Waals surface area contributed by atoms with E-state index in [2.05, 4.69) is 48.9 Å². The lowest BCUT2D eigenvalue weighted by Crippen LogP contribution is -2.43. The summed E-state index contributed by atoms with van der Waals surface area (Å²) in [5, 5.41) is 3.29.